The maximum absolute atomic E-state index is 12.4. The third-order valence-corrected chi connectivity index (χ3v) is 14.0. The van der Waals surface area contributed by atoms with Crippen LogP contribution in [0.2, 0.25) is 0 Å². The molecule has 2 fully saturated rings. The average molecular weight is 765 g/mol. The minimum absolute atomic E-state index is 0.174. The summed E-state index contributed by atoms with van der Waals surface area (Å²) in [7, 11) is -22.0. The first-order valence-corrected chi connectivity index (χ1v) is 20.6. The van der Waals surface area contributed by atoms with E-state index in [1.807, 2.05) is 0 Å². The second-order valence-corrected chi connectivity index (χ2v) is 18.1. The van der Waals surface area contributed by atoms with Crippen molar-refractivity contribution in [1.82, 2.24) is 24.0 Å². The maximum atomic E-state index is 12.4. The van der Waals surface area contributed by atoms with Gasteiger partial charge in [-0.2, -0.15) is 4.31 Å². The zero-order valence-corrected chi connectivity index (χ0v) is 29.0. The van der Waals surface area contributed by atoms with Gasteiger partial charge in [0.1, 0.15) is 6.35 Å². The lowest BCUT2D eigenvalue weighted by molar-refractivity contribution is -0.0443. The molecule has 0 saturated heterocycles. The number of aromatic amines is 2. The Morgan fingerprint density at radius 3 is 1.69 bits per heavy atom. The van der Waals surface area contributed by atoms with E-state index in [2.05, 4.69) is 23.1 Å². The van der Waals surface area contributed by atoms with Gasteiger partial charge < -0.3 is 29.0 Å². The van der Waals surface area contributed by atoms with Gasteiger partial charge >= 0.3 is 42.3 Å². The fraction of sp³-hybridized carbons (Fsp3) is 0.636. The van der Waals surface area contributed by atoms with Gasteiger partial charge in [0, 0.05) is 35.6 Å². The Morgan fingerprint density at radius 1 is 0.750 bits per heavy atom. The van der Waals surface area contributed by atoms with Crippen molar-refractivity contribution in [3.63, 3.8) is 0 Å². The molecule has 4 rings (SSSR count). The molecule has 7 N–H and O–H groups in total. The van der Waals surface area contributed by atoms with Gasteiger partial charge in [0.2, 0.25) is 0 Å². The smallest absolute Gasteiger partial charge is 0.365 e. The molecule has 0 aromatic carbocycles. The molecular formula is C22H35N5O17P4. The van der Waals surface area contributed by atoms with Crippen molar-refractivity contribution in [2.45, 2.75) is 76.7 Å². The minimum atomic E-state index is -5.73. The Bertz CT molecular complexity index is 1940. The van der Waals surface area contributed by atoms with E-state index in [-0.39, 0.29) is 18.9 Å². The van der Waals surface area contributed by atoms with E-state index < -0.39 is 84.8 Å². The largest absolute Gasteiger partial charge is 0.482 e. The van der Waals surface area contributed by atoms with Crippen LogP contribution in [0.15, 0.2) is 31.3 Å². The lowest BCUT2D eigenvalue weighted by atomic mass is 10.2. The van der Waals surface area contributed by atoms with Crippen molar-refractivity contribution in [3.05, 3.63) is 65.2 Å². The van der Waals surface area contributed by atoms with Crippen molar-refractivity contribution < 1.29 is 60.5 Å². The van der Waals surface area contributed by atoms with Crippen LogP contribution in [0.5, 0.6) is 0 Å². The highest BCUT2D eigenvalue weighted by molar-refractivity contribution is 7.74. The van der Waals surface area contributed by atoms with Crippen LogP contribution < -0.4 is 27.4 Å². The number of ether oxygens (including phenoxy) is 2. The topological polar surface area (TPSA) is 317 Å². The van der Waals surface area contributed by atoms with Crippen LogP contribution >= 0.6 is 30.9 Å². The van der Waals surface area contributed by atoms with Crippen molar-refractivity contribution in [2.24, 2.45) is 0 Å². The predicted molar refractivity (Wildman–Crippen MR) is 163 cm³/mol. The van der Waals surface area contributed by atoms with Gasteiger partial charge in [-0.25, -0.2) is 27.6 Å². The Kier molecular flexibility index (Phi) is 12.1. The number of hydrogen-bond donors (Lipinski definition) is 7. The summed E-state index contributed by atoms with van der Waals surface area (Å²) in [5, 5.41) is 0. The quantitative estimate of drug-likeness (QED) is 0.0981. The summed E-state index contributed by atoms with van der Waals surface area (Å²) in [5.74, 6) is 0. The van der Waals surface area contributed by atoms with E-state index in [1.54, 1.807) is 13.8 Å². The number of aromatic nitrogens is 4. The fourth-order valence-electron chi connectivity index (χ4n) is 5.71. The summed E-state index contributed by atoms with van der Waals surface area (Å²) in [4.78, 5) is 92.3. The maximum Gasteiger partial charge on any atom is 0.482 e. The van der Waals surface area contributed by atoms with Crippen molar-refractivity contribution in [2.75, 3.05) is 13.1 Å². The minimum Gasteiger partial charge on any atom is -0.365 e. The monoisotopic (exact) mass is 765 g/mol. The van der Waals surface area contributed by atoms with Gasteiger partial charge in [-0.3, -0.25) is 37.8 Å². The molecule has 8 atom stereocenters. The molecule has 2 heterocycles. The second kappa shape index (κ2) is 15.0. The van der Waals surface area contributed by atoms with Crippen molar-refractivity contribution >= 4 is 30.9 Å². The molecule has 270 valence electrons. The Hall–Kier alpha value is -2.12. The standard InChI is InChI=1S/C22H35N5O17P4/c1-13-7-19(28)23-21(30)26(13)15-3-5-17(9-15)40-11-42-48(38,39)44-47(36,37)25-46(34,35)43-45(32,33)12-41-18-6-4-16(10-18)27-14(2)8-20(29)24-22(27)31/h7-8,15-18H,3-6,9-12H2,1-2H3,(H,32,33)(H,38,39)(H,23,28,30)(H,24,29,31)(H3,25,34,35,36,37). The van der Waals surface area contributed by atoms with E-state index in [4.69, 9.17) is 9.47 Å². The van der Waals surface area contributed by atoms with Crippen LogP contribution in [-0.4, -0.2) is 64.0 Å². The summed E-state index contributed by atoms with van der Waals surface area (Å²) in [6.07, 6.45) is -0.503. The molecule has 0 bridgehead atoms. The third kappa shape index (κ3) is 10.7. The molecule has 2 aromatic rings. The Balaban J connectivity index is 1.23. The molecule has 2 aromatic heterocycles. The summed E-state index contributed by atoms with van der Waals surface area (Å²) in [6, 6.07) is 1.69. The number of aryl methyl sites for hydroxylation is 2. The molecule has 0 spiro atoms. The molecule has 8 unspecified atom stereocenters. The Morgan fingerprint density at radius 2 is 1.21 bits per heavy atom. The van der Waals surface area contributed by atoms with E-state index in [9.17, 15) is 57.0 Å². The lowest BCUT2D eigenvalue weighted by Gasteiger charge is -2.22. The summed E-state index contributed by atoms with van der Waals surface area (Å²) >= 11 is 0. The van der Waals surface area contributed by atoms with Gasteiger partial charge in [-0.15, -0.1) is 4.86 Å². The summed E-state index contributed by atoms with van der Waals surface area (Å²) < 4.78 is 75.4. The molecule has 2 aliphatic rings. The van der Waals surface area contributed by atoms with E-state index in [0.29, 0.717) is 37.1 Å². The van der Waals surface area contributed by atoms with Crippen LogP contribution in [0.4, 0.5) is 0 Å². The van der Waals surface area contributed by atoms with Crippen LogP contribution in [0.1, 0.15) is 62.0 Å². The molecule has 26 heteroatoms. The number of phosphoric acid groups is 1. The zero-order chi connectivity index (χ0) is 35.7. The van der Waals surface area contributed by atoms with Crippen LogP contribution in [-0.2, 0) is 40.9 Å². The normalized spacial score (nSPS) is 26.4. The van der Waals surface area contributed by atoms with Crippen LogP contribution in [0.25, 0.3) is 0 Å². The molecular weight excluding hydrogens is 730 g/mol. The van der Waals surface area contributed by atoms with Gasteiger partial charge in [0.15, 0.2) is 6.79 Å². The number of phosphoric ester groups is 1. The molecule has 2 aliphatic carbocycles. The number of nitrogens with one attached hydrogen (secondary N) is 3. The summed E-state index contributed by atoms with van der Waals surface area (Å²) in [5.41, 5.74) is -1.58. The third-order valence-electron chi connectivity index (χ3n) is 7.48. The first-order valence-electron chi connectivity index (χ1n) is 14.2. The van der Waals surface area contributed by atoms with Gasteiger partial charge in [0.25, 0.3) is 11.1 Å². The van der Waals surface area contributed by atoms with E-state index in [0.717, 1.165) is 4.86 Å². The molecule has 48 heavy (non-hydrogen) atoms. The number of nitrogens with zero attached hydrogens (tertiary/aromatic N) is 2. The lowest BCUT2D eigenvalue weighted by Crippen LogP contribution is -2.33. The van der Waals surface area contributed by atoms with Gasteiger partial charge in [-0.05, 0) is 52.4 Å². The first-order chi connectivity index (χ1) is 22.1. The molecule has 22 nitrogen and oxygen atoms in total. The highest BCUT2D eigenvalue weighted by atomic mass is 31.3. The summed E-state index contributed by atoms with van der Waals surface area (Å²) in [6.45, 7) is 2.19. The highest BCUT2D eigenvalue weighted by Crippen LogP contribution is 2.66. The molecule has 0 radical (unpaired) electrons. The number of H-pyrrole nitrogens is 2. The number of rotatable bonds is 15. The Labute approximate surface area is 270 Å². The SMILES string of the molecule is Cc1cc(=O)[nH]c(=O)n1C1CCC(OCOP(=O)(O)OP(=O)(O)NP(=O)(O)OP(=O)(O)COC2CCC(n3c(C)cc(=O)[nH]c3=O)C2)C1. The average Bonchev–Trinajstić information content (AvgIpc) is 3.54. The zero-order valence-electron chi connectivity index (χ0n) is 25.4. The molecule has 0 amide bonds. The van der Waals surface area contributed by atoms with Crippen molar-refractivity contribution in [1.29, 1.82) is 0 Å². The number of hydrogen-bond acceptors (Lipinski definition) is 13. The van der Waals surface area contributed by atoms with Crippen LogP contribution in [0, 0.1) is 13.8 Å². The molecule has 0 aliphatic heterocycles. The second-order valence-electron chi connectivity index (χ2n) is 11.2. The van der Waals surface area contributed by atoms with Gasteiger partial charge in [0.05, 0.1) is 12.2 Å². The van der Waals surface area contributed by atoms with Gasteiger partial charge in [-0.1, -0.05) is 0 Å². The first kappa shape index (κ1) is 38.7. The highest BCUT2D eigenvalue weighted by Gasteiger charge is 2.44. The van der Waals surface area contributed by atoms with E-state index >= 15 is 0 Å². The van der Waals surface area contributed by atoms with Crippen LogP contribution in [0.3, 0.4) is 0 Å². The molecule has 2 saturated carbocycles. The van der Waals surface area contributed by atoms with Crippen molar-refractivity contribution in [3.8, 4) is 0 Å². The predicted octanol–water partition coefficient (Wildman–Crippen LogP) is 0.965. The van der Waals surface area contributed by atoms with E-state index in [1.165, 1.54) is 21.3 Å². The fourth-order valence-corrected chi connectivity index (χ4v) is 11.4.